The fourth-order valence-corrected chi connectivity index (χ4v) is 3.30. The number of hydrogen-bond acceptors (Lipinski definition) is 3. The summed E-state index contributed by atoms with van der Waals surface area (Å²) in [4.78, 5) is 4.52. The summed E-state index contributed by atoms with van der Waals surface area (Å²) in [6, 6.07) is 16.3. The van der Waals surface area contributed by atoms with Crippen LogP contribution in [0.5, 0.6) is 0 Å². The standard InChI is InChI=1S/C19H23N3/c1-2-5-14(6-3-1)15-11-18(12-15)21-17-9-10-19(20-13-17)22-16-7-4-8-16/h1-3,5-6,9-10,13,15-16,18,21H,4,7-8,11-12H2,(H,20,22). The molecule has 1 heterocycles. The highest BCUT2D eigenvalue weighted by Gasteiger charge is 2.30. The Balaban J connectivity index is 1.27. The van der Waals surface area contributed by atoms with Crippen molar-refractivity contribution in [3.05, 3.63) is 54.2 Å². The van der Waals surface area contributed by atoms with Crippen LogP contribution in [-0.2, 0) is 0 Å². The van der Waals surface area contributed by atoms with E-state index in [4.69, 9.17) is 0 Å². The second-order valence-electron chi connectivity index (χ2n) is 6.62. The summed E-state index contributed by atoms with van der Waals surface area (Å²) in [5, 5.41) is 7.07. The van der Waals surface area contributed by atoms with Crippen molar-refractivity contribution in [3.8, 4) is 0 Å². The van der Waals surface area contributed by atoms with Crippen molar-refractivity contribution in [1.82, 2.24) is 4.98 Å². The van der Waals surface area contributed by atoms with Crippen molar-refractivity contribution in [3.63, 3.8) is 0 Å². The molecule has 2 aliphatic carbocycles. The largest absolute Gasteiger partial charge is 0.381 e. The van der Waals surface area contributed by atoms with Crippen LogP contribution < -0.4 is 10.6 Å². The lowest BCUT2D eigenvalue weighted by Crippen LogP contribution is -2.34. The first-order chi connectivity index (χ1) is 10.9. The van der Waals surface area contributed by atoms with Crippen molar-refractivity contribution >= 4 is 11.5 Å². The summed E-state index contributed by atoms with van der Waals surface area (Å²) in [5.74, 6) is 1.72. The van der Waals surface area contributed by atoms with E-state index in [2.05, 4.69) is 58.1 Å². The molecule has 0 bridgehead atoms. The molecule has 0 radical (unpaired) electrons. The van der Waals surface area contributed by atoms with E-state index >= 15 is 0 Å². The third-order valence-electron chi connectivity index (χ3n) is 5.00. The predicted molar refractivity (Wildman–Crippen MR) is 91.3 cm³/mol. The molecule has 1 aromatic carbocycles. The van der Waals surface area contributed by atoms with Gasteiger partial charge < -0.3 is 10.6 Å². The molecule has 1 aromatic heterocycles. The minimum atomic E-state index is 0.581. The summed E-state index contributed by atoms with van der Waals surface area (Å²) < 4.78 is 0. The van der Waals surface area contributed by atoms with Gasteiger partial charge in [0.05, 0.1) is 11.9 Å². The van der Waals surface area contributed by atoms with Gasteiger partial charge in [0.1, 0.15) is 5.82 Å². The molecule has 3 heteroatoms. The van der Waals surface area contributed by atoms with Gasteiger partial charge in [-0.25, -0.2) is 4.98 Å². The smallest absolute Gasteiger partial charge is 0.126 e. The number of aromatic nitrogens is 1. The zero-order valence-corrected chi connectivity index (χ0v) is 12.8. The summed E-state index contributed by atoms with van der Waals surface area (Å²) in [5.41, 5.74) is 2.61. The van der Waals surface area contributed by atoms with E-state index in [1.54, 1.807) is 0 Å². The molecular weight excluding hydrogens is 270 g/mol. The molecule has 2 aliphatic rings. The molecule has 114 valence electrons. The molecule has 3 nitrogen and oxygen atoms in total. The first-order valence-corrected chi connectivity index (χ1v) is 8.41. The first-order valence-electron chi connectivity index (χ1n) is 8.41. The SMILES string of the molecule is c1ccc(C2CC(Nc3ccc(NC4CCC4)nc3)C2)cc1. The molecule has 0 atom stereocenters. The van der Waals surface area contributed by atoms with Crippen LogP contribution in [-0.4, -0.2) is 17.1 Å². The van der Waals surface area contributed by atoms with Crippen molar-refractivity contribution in [1.29, 1.82) is 0 Å². The highest BCUT2D eigenvalue weighted by Crippen LogP contribution is 2.38. The van der Waals surface area contributed by atoms with Gasteiger partial charge in [-0.2, -0.15) is 0 Å². The lowest BCUT2D eigenvalue weighted by molar-refractivity contribution is 0.374. The fraction of sp³-hybridized carbons (Fsp3) is 0.421. The van der Waals surface area contributed by atoms with Gasteiger partial charge in [-0.15, -0.1) is 0 Å². The Bertz CT molecular complexity index is 598. The van der Waals surface area contributed by atoms with Gasteiger partial charge in [-0.05, 0) is 55.7 Å². The molecule has 2 saturated carbocycles. The average molecular weight is 293 g/mol. The van der Waals surface area contributed by atoms with Crippen molar-refractivity contribution in [2.24, 2.45) is 0 Å². The quantitative estimate of drug-likeness (QED) is 0.857. The summed E-state index contributed by atoms with van der Waals surface area (Å²) in [7, 11) is 0. The van der Waals surface area contributed by atoms with E-state index in [-0.39, 0.29) is 0 Å². The van der Waals surface area contributed by atoms with E-state index < -0.39 is 0 Å². The number of hydrogen-bond donors (Lipinski definition) is 2. The number of pyridine rings is 1. The highest BCUT2D eigenvalue weighted by molar-refractivity contribution is 5.49. The Kier molecular flexibility index (Phi) is 3.71. The van der Waals surface area contributed by atoms with Gasteiger partial charge in [-0.1, -0.05) is 30.3 Å². The van der Waals surface area contributed by atoms with Gasteiger partial charge in [0, 0.05) is 12.1 Å². The molecular formula is C19H23N3. The Hall–Kier alpha value is -2.03. The van der Waals surface area contributed by atoms with Crippen LogP contribution in [0.2, 0.25) is 0 Å². The number of nitrogens with one attached hydrogen (secondary N) is 2. The lowest BCUT2D eigenvalue weighted by atomic mass is 9.76. The van der Waals surface area contributed by atoms with E-state index in [1.807, 2.05) is 6.20 Å². The predicted octanol–water partition coefficient (Wildman–Crippen LogP) is 4.40. The Morgan fingerprint density at radius 1 is 0.864 bits per heavy atom. The van der Waals surface area contributed by atoms with E-state index in [1.165, 1.54) is 37.7 Å². The maximum atomic E-state index is 4.52. The van der Waals surface area contributed by atoms with Gasteiger partial charge in [0.2, 0.25) is 0 Å². The summed E-state index contributed by atoms with van der Waals surface area (Å²) in [6.45, 7) is 0. The van der Waals surface area contributed by atoms with Gasteiger partial charge in [-0.3, -0.25) is 0 Å². The van der Waals surface area contributed by atoms with Gasteiger partial charge in [0.15, 0.2) is 0 Å². The highest BCUT2D eigenvalue weighted by atomic mass is 15.0. The molecule has 0 amide bonds. The molecule has 2 fully saturated rings. The van der Waals surface area contributed by atoms with Crippen LogP contribution in [0.4, 0.5) is 11.5 Å². The molecule has 2 N–H and O–H groups in total. The zero-order chi connectivity index (χ0) is 14.8. The van der Waals surface area contributed by atoms with Crippen molar-refractivity contribution < 1.29 is 0 Å². The average Bonchev–Trinajstić information content (AvgIpc) is 2.48. The van der Waals surface area contributed by atoms with Crippen LogP contribution >= 0.6 is 0 Å². The van der Waals surface area contributed by atoms with Crippen molar-refractivity contribution in [2.45, 2.75) is 50.1 Å². The summed E-state index contributed by atoms with van der Waals surface area (Å²) >= 11 is 0. The fourth-order valence-electron chi connectivity index (χ4n) is 3.30. The maximum absolute atomic E-state index is 4.52. The van der Waals surface area contributed by atoms with Crippen LogP contribution in [0.15, 0.2) is 48.7 Å². The molecule has 0 spiro atoms. The normalized spacial score (nSPS) is 24.2. The van der Waals surface area contributed by atoms with Crippen LogP contribution in [0.3, 0.4) is 0 Å². The van der Waals surface area contributed by atoms with E-state index in [0.717, 1.165) is 11.5 Å². The monoisotopic (exact) mass is 293 g/mol. The number of benzene rings is 1. The number of nitrogens with zero attached hydrogens (tertiary/aromatic N) is 1. The minimum Gasteiger partial charge on any atom is -0.381 e. The van der Waals surface area contributed by atoms with Crippen molar-refractivity contribution in [2.75, 3.05) is 10.6 Å². The molecule has 2 aromatic rings. The van der Waals surface area contributed by atoms with Crippen LogP contribution in [0.1, 0.15) is 43.6 Å². The molecule has 0 aliphatic heterocycles. The topological polar surface area (TPSA) is 37.0 Å². The third-order valence-corrected chi connectivity index (χ3v) is 5.00. The van der Waals surface area contributed by atoms with Gasteiger partial charge >= 0.3 is 0 Å². The Labute approximate surface area is 132 Å². The number of anilines is 2. The number of rotatable bonds is 5. The molecule has 0 unspecified atom stereocenters. The molecule has 0 saturated heterocycles. The second-order valence-corrected chi connectivity index (χ2v) is 6.62. The molecule has 4 rings (SSSR count). The van der Waals surface area contributed by atoms with Crippen LogP contribution in [0, 0.1) is 0 Å². The van der Waals surface area contributed by atoms with E-state index in [0.29, 0.717) is 18.0 Å². The third kappa shape index (κ3) is 2.94. The van der Waals surface area contributed by atoms with Gasteiger partial charge in [0.25, 0.3) is 0 Å². The summed E-state index contributed by atoms with van der Waals surface area (Å²) in [6.07, 6.45) is 8.30. The van der Waals surface area contributed by atoms with E-state index in [9.17, 15) is 0 Å². The van der Waals surface area contributed by atoms with Crippen LogP contribution in [0.25, 0.3) is 0 Å². The second kappa shape index (κ2) is 5.99. The first kappa shape index (κ1) is 13.6. The zero-order valence-electron chi connectivity index (χ0n) is 12.8. The minimum absolute atomic E-state index is 0.581. The Morgan fingerprint density at radius 2 is 1.68 bits per heavy atom. The maximum Gasteiger partial charge on any atom is 0.126 e. The molecule has 22 heavy (non-hydrogen) atoms. The Morgan fingerprint density at radius 3 is 2.32 bits per heavy atom. The lowest BCUT2D eigenvalue weighted by Gasteiger charge is -2.36.